The van der Waals surface area contributed by atoms with Crippen molar-refractivity contribution in [2.24, 2.45) is 0 Å². The first kappa shape index (κ1) is 13.7. The van der Waals surface area contributed by atoms with E-state index in [0.29, 0.717) is 5.75 Å². The second-order valence-corrected chi connectivity index (χ2v) is 5.44. The Kier molecular flexibility index (Phi) is 3.64. The summed E-state index contributed by atoms with van der Waals surface area (Å²) in [6.07, 6.45) is 0. The monoisotopic (exact) mass is 284 g/mol. The van der Waals surface area contributed by atoms with Gasteiger partial charge in [-0.1, -0.05) is 0 Å². The summed E-state index contributed by atoms with van der Waals surface area (Å²) in [5.74, 6) is 1.14. The van der Waals surface area contributed by atoms with Crippen molar-refractivity contribution in [1.29, 1.82) is 0 Å². The fraction of sp³-hybridized carbons (Fsp3) is 0.375. The van der Waals surface area contributed by atoms with Crippen LogP contribution in [-0.4, -0.2) is 41.3 Å². The minimum Gasteiger partial charge on any atom is -0.508 e. The summed E-state index contributed by atoms with van der Waals surface area (Å²) in [5.41, 5.74) is 3.17. The summed E-state index contributed by atoms with van der Waals surface area (Å²) in [6, 6.07) is 9.37. The molecule has 0 radical (unpaired) electrons. The number of nitrogens with zero attached hydrogens (tertiary/aromatic N) is 4. The first-order chi connectivity index (χ1) is 10.1. The van der Waals surface area contributed by atoms with Crippen molar-refractivity contribution in [3.8, 4) is 5.75 Å². The molecule has 0 aliphatic carbocycles. The molecule has 1 N–H and O–H groups in total. The molecule has 0 amide bonds. The maximum Gasteiger partial charge on any atom is 0.225 e. The van der Waals surface area contributed by atoms with Crippen molar-refractivity contribution in [2.75, 3.05) is 36.0 Å². The summed E-state index contributed by atoms with van der Waals surface area (Å²) in [5, 5.41) is 9.35. The zero-order chi connectivity index (χ0) is 14.8. The number of piperazine rings is 1. The third-order valence-electron chi connectivity index (χ3n) is 3.75. The van der Waals surface area contributed by atoms with Crippen molar-refractivity contribution in [3.05, 3.63) is 41.7 Å². The van der Waals surface area contributed by atoms with Gasteiger partial charge in [0.1, 0.15) is 5.75 Å². The standard InChI is InChI=1S/C16H20N4O/c1-12-11-13(2)18-16(17-12)20-9-7-19(8-10-20)14-3-5-15(21)6-4-14/h3-6,11,21H,7-10H2,1-2H3. The topological polar surface area (TPSA) is 52.5 Å². The number of hydrogen-bond acceptors (Lipinski definition) is 5. The van der Waals surface area contributed by atoms with Crippen LogP contribution in [0.3, 0.4) is 0 Å². The molecule has 110 valence electrons. The highest BCUT2D eigenvalue weighted by molar-refractivity contribution is 5.50. The molecular formula is C16H20N4O. The van der Waals surface area contributed by atoms with E-state index in [4.69, 9.17) is 0 Å². The van der Waals surface area contributed by atoms with Crippen LogP contribution in [0.2, 0.25) is 0 Å². The predicted molar refractivity (Wildman–Crippen MR) is 84.0 cm³/mol. The van der Waals surface area contributed by atoms with E-state index in [1.54, 1.807) is 12.1 Å². The maximum absolute atomic E-state index is 9.35. The normalized spacial score (nSPS) is 15.3. The quantitative estimate of drug-likeness (QED) is 0.915. The van der Waals surface area contributed by atoms with Crippen molar-refractivity contribution >= 4 is 11.6 Å². The average Bonchev–Trinajstić information content (AvgIpc) is 2.47. The zero-order valence-electron chi connectivity index (χ0n) is 12.5. The molecule has 1 aliphatic heterocycles. The fourth-order valence-corrected chi connectivity index (χ4v) is 2.68. The number of rotatable bonds is 2. The fourth-order valence-electron chi connectivity index (χ4n) is 2.68. The van der Waals surface area contributed by atoms with Gasteiger partial charge in [-0.25, -0.2) is 9.97 Å². The van der Waals surface area contributed by atoms with Crippen molar-refractivity contribution in [2.45, 2.75) is 13.8 Å². The molecule has 0 unspecified atom stereocenters. The molecule has 0 spiro atoms. The molecule has 1 aliphatic rings. The molecule has 1 saturated heterocycles. The first-order valence-electron chi connectivity index (χ1n) is 7.23. The molecule has 1 aromatic carbocycles. The lowest BCUT2D eigenvalue weighted by atomic mass is 10.2. The van der Waals surface area contributed by atoms with Crippen LogP contribution < -0.4 is 9.80 Å². The molecule has 5 nitrogen and oxygen atoms in total. The molecule has 0 bridgehead atoms. The van der Waals surface area contributed by atoms with E-state index in [1.165, 1.54) is 0 Å². The van der Waals surface area contributed by atoms with Gasteiger partial charge in [0.15, 0.2) is 0 Å². The van der Waals surface area contributed by atoms with Crippen LogP contribution in [0.25, 0.3) is 0 Å². The number of hydrogen-bond donors (Lipinski definition) is 1. The average molecular weight is 284 g/mol. The minimum absolute atomic E-state index is 0.307. The molecule has 1 fully saturated rings. The summed E-state index contributed by atoms with van der Waals surface area (Å²) in [6.45, 7) is 7.69. The highest BCUT2D eigenvalue weighted by Crippen LogP contribution is 2.21. The Bertz CT molecular complexity index is 598. The molecule has 2 aromatic rings. The van der Waals surface area contributed by atoms with E-state index >= 15 is 0 Å². The van der Waals surface area contributed by atoms with Crippen molar-refractivity contribution in [1.82, 2.24) is 9.97 Å². The van der Waals surface area contributed by atoms with Crippen LogP contribution in [0.15, 0.2) is 30.3 Å². The lowest BCUT2D eigenvalue weighted by Gasteiger charge is -2.36. The molecule has 3 rings (SSSR count). The van der Waals surface area contributed by atoms with Gasteiger partial charge in [-0.15, -0.1) is 0 Å². The van der Waals surface area contributed by atoms with E-state index < -0.39 is 0 Å². The van der Waals surface area contributed by atoms with Crippen LogP contribution in [0.5, 0.6) is 5.75 Å². The van der Waals surface area contributed by atoms with Gasteiger partial charge in [-0.2, -0.15) is 0 Å². The van der Waals surface area contributed by atoms with Gasteiger partial charge in [0.2, 0.25) is 5.95 Å². The Morgan fingerprint density at radius 2 is 1.38 bits per heavy atom. The molecule has 2 heterocycles. The van der Waals surface area contributed by atoms with Crippen LogP contribution >= 0.6 is 0 Å². The lowest BCUT2D eigenvalue weighted by Crippen LogP contribution is -2.47. The lowest BCUT2D eigenvalue weighted by molar-refractivity contribution is 0.475. The molecule has 1 aromatic heterocycles. The van der Waals surface area contributed by atoms with Crippen LogP contribution in [0, 0.1) is 13.8 Å². The number of aromatic nitrogens is 2. The number of anilines is 2. The summed E-state index contributed by atoms with van der Waals surface area (Å²) >= 11 is 0. The second-order valence-electron chi connectivity index (χ2n) is 5.44. The van der Waals surface area contributed by atoms with Crippen LogP contribution in [0.1, 0.15) is 11.4 Å². The van der Waals surface area contributed by atoms with E-state index in [2.05, 4.69) is 19.8 Å². The van der Waals surface area contributed by atoms with Crippen molar-refractivity contribution in [3.63, 3.8) is 0 Å². The summed E-state index contributed by atoms with van der Waals surface area (Å²) in [4.78, 5) is 13.6. The number of aryl methyl sites for hydroxylation is 2. The maximum atomic E-state index is 9.35. The zero-order valence-corrected chi connectivity index (χ0v) is 12.5. The van der Waals surface area contributed by atoms with Crippen LogP contribution in [-0.2, 0) is 0 Å². The highest BCUT2D eigenvalue weighted by atomic mass is 16.3. The molecular weight excluding hydrogens is 264 g/mol. The number of benzene rings is 1. The Balaban J connectivity index is 1.68. The third kappa shape index (κ3) is 3.07. The van der Waals surface area contributed by atoms with E-state index in [0.717, 1.165) is 49.2 Å². The van der Waals surface area contributed by atoms with Gasteiger partial charge in [-0.05, 0) is 44.2 Å². The van der Waals surface area contributed by atoms with Gasteiger partial charge in [-0.3, -0.25) is 0 Å². The number of aromatic hydroxyl groups is 1. The summed E-state index contributed by atoms with van der Waals surface area (Å²) < 4.78 is 0. The minimum atomic E-state index is 0.307. The smallest absolute Gasteiger partial charge is 0.225 e. The number of phenolic OH excluding ortho intramolecular Hbond substituents is 1. The predicted octanol–water partition coefficient (Wildman–Crippen LogP) is 2.13. The van der Waals surface area contributed by atoms with Gasteiger partial charge in [0.25, 0.3) is 0 Å². The molecule has 0 saturated carbocycles. The Hall–Kier alpha value is -2.30. The Morgan fingerprint density at radius 1 is 0.857 bits per heavy atom. The molecule has 5 heteroatoms. The Labute approximate surface area is 124 Å². The molecule has 21 heavy (non-hydrogen) atoms. The van der Waals surface area contributed by atoms with Crippen molar-refractivity contribution < 1.29 is 5.11 Å². The molecule has 0 atom stereocenters. The Morgan fingerprint density at radius 3 is 1.95 bits per heavy atom. The van der Waals surface area contributed by atoms with E-state index in [9.17, 15) is 5.11 Å². The highest BCUT2D eigenvalue weighted by Gasteiger charge is 2.19. The van der Waals surface area contributed by atoms with Crippen LogP contribution in [0.4, 0.5) is 11.6 Å². The van der Waals surface area contributed by atoms with Gasteiger partial charge >= 0.3 is 0 Å². The second kappa shape index (κ2) is 5.60. The van der Waals surface area contributed by atoms with Gasteiger partial charge in [0, 0.05) is 43.3 Å². The first-order valence-corrected chi connectivity index (χ1v) is 7.23. The largest absolute Gasteiger partial charge is 0.508 e. The van der Waals surface area contributed by atoms with Gasteiger partial charge < -0.3 is 14.9 Å². The summed E-state index contributed by atoms with van der Waals surface area (Å²) in [7, 11) is 0. The van der Waals surface area contributed by atoms with Gasteiger partial charge in [0.05, 0.1) is 0 Å². The number of phenols is 1. The SMILES string of the molecule is Cc1cc(C)nc(N2CCN(c3ccc(O)cc3)CC2)n1. The van der Waals surface area contributed by atoms with E-state index in [-0.39, 0.29) is 0 Å². The van der Waals surface area contributed by atoms with E-state index in [1.807, 2.05) is 32.0 Å². The third-order valence-corrected chi connectivity index (χ3v) is 3.75.